The number of benzene rings is 1. The number of nitrogens with zero attached hydrogens (tertiary/aromatic N) is 1. The summed E-state index contributed by atoms with van der Waals surface area (Å²) in [6.07, 6.45) is 0. The molecule has 0 spiro atoms. The maximum Gasteiger partial charge on any atom is 0.348 e. The number of nitro groups is 1. The van der Waals surface area contributed by atoms with E-state index < -0.39 is 41.0 Å². The smallest absolute Gasteiger partial charge is 0.348 e. The fourth-order valence-electron chi connectivity index (χ4n) is 2.60. The lowest BCUT2D eigenvalue weighted by Crippen LogP contribution is -2.21. The van der Waals surface area contributed by atoms with Crippen molar-refractivity contribution in [3.8, 4) is 0 Å². The Morgan fingerprint density at radius 3 is 2.30 bits per heavy atom. The van der Waals surface area contributed by atoms with Crippen molar-refractivity contribution in [2.45, 2.75) is 20.8 Å². The van der Waals surface area contributed by atoms with Crippen LogP contribution in [-0.2, 0) is 19.0 Å². The largest absolute Gasteiger partial charge is 0.462 e. The van der Waals surface area contributed by atoms with Crippen molar-refractivity contribution in [1.82, 2.24) is 0 Å². The number of thiophene rings is 1. The summed E-state index contributed by atoms with van der Waals surface area (Å²) in [5, 5.41) is 13.2. The summed E-state index contributed by atoms with van der Waals surface area (Å²) < 4.78 is 14.8. The molecule has 1 aromatic heterocycles. The van der Waals surface area contributed by atoms with Crippen LogP contribution in [0.3, 0.4) is 0 Å². The molecule has 0 saturated carbocycles. The molecule has 0 aliphatic carbocycles. The van der Waals surface area contributed by atoms with Gasteiger partial charge in [0, 0.05) is 6.07 Å². The van der Waals surface area contributed by atoms with Gasteiger partial charge in [-0.05, 0) is 38.5 Å². The summed E-state index contributed by atoms with van der Waals surface area (Å²) >= 11 is 6.52. The van der Waals surface area contributed by atoms with E-state index in [2.05, 4.69) is 5.32 Å². The molecule has 1 heterocycles. The number of anilines is 1. The molecule has 33 heavy (non-hydrogen) atoms. The van der Waals surface area contributed by atoms with E-state index in [0.717, 1.165) is 23.5 Å². The molecule has 11 nitrogen and oxygen atoms in total. The number of ether oxygens (including phenoxy) is 3. The van der Waals surface area contributed by atoms with Gasteiger partial charge < -0.3 is 19.5 Å². The Bertz CT molecular complexity index is 1110. The number of halogens is 1. The number of hydrogen-bond acceptors (Lipinski definition) is 10. The minimum Gasteiger partial charge on any atom is -0.462 e. The monoisotopic (exact) mass is 498 g/mol. The van der Waals surface area contributed by atoms with Crippen molar-refractivity contribution in [3.63, 3.8) is 0 Å². The first-order chi connectivity index (χ1) is 15.6. The first-order valence-corrected chi connectivity index (χ1v) is 10.7. The number of amides is 1. The number of rotatable bonds is 9. The lowest BCUT2D eigenvalue weighted by molar-refractivity contribution is -0.384. The summed E-state index contributed by atoms with van der Waals surface area (Å²) in [6, 6.07) is 3.30. The third-order valence-corrected chi connectivity index (χ3v) is 5.56. The number of esters is 3. The zero-order valence-electron chi connectivity index (χ0n) is 17.8. The molecular formula is C20H19ClN2O9S. The second-order valence-electron chi connectivity index (χ2n) is 6.25. The van der Waals surface area contributed by atoms with Gasteiger partial charge in [-0.15, -0.1) is 11.3 Å². The van der Waals surface area contributed by atoms with Crippen LogP contribution in [0.15, 0.2) is 18.2 Å². The maximum atomic E-state index is 12.4. The van der Waals surface area contributed by atoms with Gasteiger partial charge in [0.15, 0.2) is 6.61 Å². The predicted octanol–water partition coefficient (Wildman–Crippen LogP) is 3.77. The van der Waals surface area contributed by atoms with Crippen LogP contribution >= 0.6 is 22.9 Å². The quantitative estimate of drug-likeness (QED) is 0.235. The Labute approximate surface area is 196 Å². The average molecular weight is 499 g/mol. The number of carbonyl (C=O) groups excluding carboxylic acids is 4. The van der Waals surface area contributed by atoms with Crippen molar-refractivity contribution < 1.29 is 38.3 Å². The first kappa shape index (κ1) is 25.7. The van der Waals surface area contributed by atoms with Crippen LogP contribution in [0.1, 0.15) is 49.8 Å². The van der Waals surface area contributed by atoms with E-state index in [0.29, 0.717) is 0 Å². The highest BCUT2D eigenvalue weighted by atomic mass is 35.5. The van der Waals surface area contributed by atoms with Crippen molar-refractivity contribution in [1.29, 1.82) is 0 Å². The molecule has 0 aliphatic heterocycles. The highest BCUT2D eigenvalue weighted by Crippen LogP contribution is 2.34. The topological polar surface area (TPSA) is 151 Å². The second kappa shape index (κ2) is 11.4. The van der Waals surface area contributed by atoms with Crippen molar-refractivity contribution in [2.75, 3.05) is 25.1 Å². The van der Waals surface area contributed by atoms with Crippen LogP contribution in [0, 0.1) is 17.0 Å². The van der Waals surface area contributed by atoms with Crippen LogP contribution in [-0.4, -0.2) is 48.6 Å². The van der Waals surface area contributed by atoms with Crippen molar-refractivity contribution >= 4 is 57.4 Å². The zero-order chi connectivity index (χ0) is 24.7. The minimum atomic E-state index is -0.995. The van der Waals surface area contributed by atoms with Gasteiger partial charge in [0.25, 0.3) is 11.6 Å². The molecular weight excluding hydrogens is 480 g/mol. The number of hydrogen-bond donors (Lipinski definition) is 1. The zero-order valence-corrected chi connectivity index (χ0v) is 19.3. The van der Waals surface area contributed by atoms with Gasteiger partial charge in [-0.2, -0.15) is 0 Å². The fraction of sp³-hybridized carbons (Fsp3) is 0.300. The van der Waals surface area contributed by atoms with E-state index in [9.17, 15) is 29.3 Å². The van der Waals surface area contributed by atoms with Crippen molar-refractivity contribution in [3.05, 3.63) is 54.9 Å². The summed E-state index contributed by atoms with van der Waals surface area (Å²) in [6.45, 7) is 4.16. The molecule has 0 radical (unpaired) electrons. The normalized spacial score (nSPS) is 10.3. The predicted molar refractivity (Wildman–Crippen MR) is 118 cm³/mol. The van der Waals surface area contributed by atoms with E-state index in [-0.39, 0.29) is 44.8 Å². The molecule has 0 fully saturated rings. The van der Waals surface area contributed by atoms with Gasteiger partial charge in [-0.25, -0.2) is 14.4 Å². The third-order valence-electron chi connectivity index (χ3n) is 4.05. The highest BCUT2D eigenvalue weighted by molar-refractivity contribution is 7.18. The summed E-state index contributed by atoms with van der Waals surface area (Å²) in [5.74, 6) is -3.22. The van der Waals surface area contributed by atoms with E-state index in [1.807, 2.05) is 0 Å². The third kappa shape index (κ3) is 6.26. The standard InChI is InChI=1S/C20H19ClN2O9S/c1-4-30-19(26)15-10(3)16(20(27)31-5-2)33-17(15)22-14(24)9-32-18(25)11-6-7-12(21)13(8-11)23(28)29/h6-8H,4-5,9H2,1-3H3,(H,22,24). The molecule has 0 bridgehead atoms. The van der Waals surface area contributed by atoms with Gasteiger partial charge >= 0.3 is 17.9 Å². The van der Waals surface area contributed by atoms with E-state index in [4.69, 9.17) is 25.8 Å². The Morgan fingerprint density at radius 2 is 1.70 bits per heavy atom. The van der Waals surface area contributed by atoms with Crippen LogP contribution < -0.4 is 5.32 Å². The molecule has 13 heteroatoms. The summed E-state index contributed by atoms with van der Waals surface area (Å²) in [4.78, 5) is 59.3. The molecule has 1 N–H and O–H groups in total. The molecule has 0 saturated heterocycles. The Balaban J connectivity index is 2.17. The number of nitrogens with one attached hydrogen (secondary N) is 1. The highest BCUT2D eigenvalue weighted by Gasteiger charge is 2.27. The van der Waals surface area contributed by atoms with Gasteiger partial charge in [-0.3, -0.25) is 14.9 Å². The lowest BCUT2D eigenvalue weighted by atomic mass is 10.1. The fourth-order valence-corrected chi connectivity index (χ4v) is 3.89. The molecule has 2 rings (SSSR count). The Hall–Kier alpha value is -3.51. The minimum absolute atomic E-state index is 0.0158. The van der Waals surface area contributed by atoms with Crippen LogP contribution in [0.4, 0.5) is 10.7 Å². The van der Waals surface area contributed by atoms with Crippen molar-refractivity contribution in [2.24, 2.45) is 0 Å². The van der Waals surface area contributed by atoms with Crippen LogP contribution in [0.25, 0.3) is 0 Å². The SMILES string of the molecule is CCOC(=O)c1sc(NC(=O)COC(=O)c2ccc(Cl)c([N+](=O)[O-])c2)c(C(=O)OCC)c1C. The summed E-state index contributed by atoms with van der Waals surface area (Å²) in [7, 11) is 0. The average Bonchev–Trinajstić information content (AvgIpc) is 3.08. The molecule has 1 amide bonds. The Kier molecular flexibility index (Phi) is 8.88. The first-order valence-electron chi connectivity index (χ1n) is 9.49. The maximum absolute atomic E-state index is 12.4. The van der Waals surface area contributed by atoms with Crippen LogP contribution in [0.2, 0.25) is 5.02 Å². The van der Waals surface area contributed by atoms with Crippen LogP contribution in [0.5, 0.6) is 0 Å². The molecule has 2 aromatic rings. The number of nitro benzene ring substituents is 1. The second-order valence-corrected chi connectivity index (χ2v) is 7.68. The van der Waals surface area contributed by atoms with Gasteiger partial charge in [0.05, 0.1) is 29.3 Å². The van der Waals surface area contributed by atoms with Gasteiger partial charge in [0.2, 0.25) is 0 Å². The molecule has 0 aliphatic rings. The van der Waals surface area contributed by atoms with Gasteiger partial charge in [0.1, 0.15) is 14.9 Å². The van der Waals surface area contributed by atoms with E-state index in [1.54, 1.807) is 13.8 Å². The molecule has 0 unspecified atom stereocenters. The van der Waals surface area contributed by atoms with Gasteiger partial charge in [-0.1, -0.05) is 11.6 Å². The van der Waals surface area contributed by atoms with E-state index >= 15 is 0 Å². The molecule has 0 atom stereocenters. The lowest BCUT2D eigenvalue weighted by Gasteiger charge is -2.08. The Morgan fingerprint density at radius 1 is 1.06 bits per heavy atom. The molecule has 176 valence electrons. The van der Waals surface area contributed by atoms with E-state index in [1.165, 1.54) is 13.0 Å². The number of carbonyl (C=O) groups is 4. The summed E-state index contributed by atoms with van der Waals surface area (Å²) in [5.41, 5.74) is -0.409. The molecule has 1 aromatic carbocycles.